The molecule has 126 valence electrons. The third-order valence-corrected chi connectivity index (χ3v) is 5.28. The zero-order chi connectivity index (χ0) is 17.2. The highest BCUT2D eigenvalue weighted by atomic mass is 32.2. The number of hydrogen-bond acceptors (Lipinski definition) is 4. The van der Waals surface area contributed by atoms with Crippen LogP contribution >= 0.6 is 0 Å². The van der Waals surface area contributed by atoms with Crippen molar-refractivity contribution in [3.05, 3.63) is 29.8 Å². The van der Waals surface area contributed by atoms with Gasteiger partial charge in [0.1, 0.15) is 5.25 Å². The monoisotopic (exact) mass is 339 g/mol. The summed E-state index contributed by atoms with van der Waals surface area (Å²) >= 11 is 0. The van der Waals surface area contributed by atoms with Crippen molar-refractivity contribution >= 4 is 27.5 Å². The highest BCUT2D eigenvalue weighted by Crippen LogP contribution is 2.24. The Balaban J connectivity index is 2.17. The number of nitrogens with two attached hydrogens (primary N) is 1. The topological polar surface area (TPSA) is 101 Å². The Bertz CT molecular complexity index is 696. The van der Waals surface area contributed by atoms with Crippen LogP contribution in [-0.2, 0) is 14.8 Å². The second-order valence-electron chi connectivity index (χ2n) is 5.44. The molecular weight excluding hydrogens is 318 g/mol. The maximum atomic E-state index is 12.2. The van der Waals surface area contributed by atoms with Crippen LogP contribution in [0.5, 0.6) is 0 Å². The predicted molar refractivity (Wildman–Crippen MR) is 87.6 cm³/mol. The van der Waals surface area contributed by atoms with Crippen molar-refractivity contribution in [3.8, 4) is 0 Å². The molecule has 2 rings (SSSR count). The van der Waals surface area contributed by atoms with Crippen LogP contribution in [0.4, 0.5) is 5.69 Å². The van der Waals surface area contributed by atoms with E-state index < -0.39 is 15.3 Å². The van der Waals surface area contributed by atoms with Gasteiger partial charge < -0.3 is 9.80 Å². The Kier molecular flexibility index (Phi) is 5.06. The molecular formula is C15H21N3O4S. The van der Waals surface area contributed by atoms with E-state index in [0.717, 1.165) is 0 Å². The Labute approximate surface area is 136 Å². The van der Waals surface area contributed by atoms with Crippen molar-refractivity contribution in [1.82, 2.24) is 4.90 Å². The van der Waals surface area contributed by atoms with Gasteiger partial charge in [-0.15, -0.1) is 0 Å². The van der Waals surface area contributed by atoms with Crippen LogP contribution in [0.25, 0.3) is 0 Å². The first-order chi connectivity index (χ1) is 10.8. The van der Waals surface area contributed by atoms with Gasteiger partial charge in [0.25, 0.3) is 5.91 Å². The molecule has 23 heavy (non-hydrogen) atoms. The van der Waals surface area contributed by atoms with Gasteiger partial charge in [-0.3, -0.25) is 9.59 Å². The first-order valence-corrected chi connectivity index (χ1v) is 9.10. The van der Waals surface area contributed by atoms with Crippen LogP contribution in [0, 0.1) is 0 Å². The normalized spacial score (nSPS) is 18.3. The molecule has 0 aromatic heterocycles. The highest BCUT2D eigenvalue weighted by Gasteiger charge is 2.37. The number of sulfonamides is 1. The number of nitrogens with zero attached hydrogens (tertiary/aromatic N) is 2. The van der Waals surface area contributed by atoms with E-state index in [9.17, 15) is 18.0 Å². The molecule has 1 aliphatic rings. The summed E-state index contributed by atoms with van der Waals surface area (Å²) in [5, 5.41) is 4.23. The van der Waals surface area contributed by atoms with Gasteiger partial charge >= 0.3 is 0 Å². The number of primary sulfonamides is 1. The average molecular weight is 339 g/mol. The minimum Gasteiger partial charge on any atom is -0.339 e. The average Bonchev–Trinajstić information content (AvgIpc) is 2.90. The number of anilines is 1. The van der Waals surface area contributed by atoms with E-state index in [1.54, 1.807) is 29.2 Å². The first kappa shape index (κ1) is 17.4. The van der Waals surface area contributed by atoms with Gasteiger partial charge in [-0.1, -0.05) is 0 Å². The summed E-state index contributed by atoms with van der Waals surface area (Å²) in [5.74, 6) is -0.358. The number of carbonyl (C=O) groups excluding carboxylic acids is 2. The van der Waals surface area contributed by atoms with Gasteiger partial charge in [0.15, 0.2) is 0 Å². The van der Waals surface area contributed by atoms with Crippen LogP contribution in [0.2, 0.25) is 0 Å². The Morgan fingerprint density at radius 3 is 2.26 bits per heavy atom. The summed E-state index contributed by atoms with van der Waals surface area (Å²) in [6.07, 6.45) is -0.112. The smallest absolute Gasteiger partial charge is 0.253 e. The number of benzene rings is 1. The van der Waals surface area contributed by atoms with Gasteiger partial charge in [-0.05, 0) is 38.1 Å². The summed E-state index contributed by atoms with van der Waals surface area (Å²) in [5.41, 5.74) is 1.10. The molecule has 8 heteroatoms. The molecule has 0 spiro atoms. The van der Waals surface area contributed by atoms with Gasteiger partial charge in [0.2, 0.25) is 15.9 Å². The lowest BCUT2D eigenvalue weighted by atomic mass is 10.1. The molecule has 1 saturated heterocycles. The van der Waals surface area contributed by atoms with Crippen molar-refractivity contribution in [3.63, 3.8) is 0 Å². The highest BCUT2D eigenvalue weighted by molar-refractivity contribution is 7.89. The van der Waals surface area contributed by atoms with Crippen molar-refractivity contribution < 1.29 is 18.0 Å². The van der Waals surface area contributed by atoms with E-state index in [4.69, 9.17) is 5.14 Å². The molecule has 0 radical (unpaired) electrons. The lowest BCUT2D eigenvalue weighted by Gasteiger charge is -2.20. The number of hydrogen-bond donors (Lipinski definition) is 1. The number of rotatable bonds is 5. The van der Waals surface area contributed by atoms with Crippen LogP contribution in [0.3, 0.4) is 0 Å². The maximum absolute atomic E-state index is 12.2. The first-order valence-electron chi connectivity index (χ1n) is 7.49. The van der Waals surface area contributed by atoms with Crippen LogP contribution in [-0.4, -0.2) is 50.0 Å². The van der Waals surface area contributed by atoms with Gasteiger partial charge in [0, 0.05) is 37.3 Å². The second kappa shape index (κ2) is 6.67. The van der Waals surface area contributed by atoms with Crippen molar-refractivity contribution in [2.24, 2.45) is 5.14 Å². The molecule has 0 saturated carbocycles. The molecule has 1 fully saturated rings. The third-order valence-electron chi connectivity index (χ3n) is 4.03. The molecule has 1 aliphatic heterocycles. The zero-order valence-electron chi connectivity index (χ0n) is 13.2. The molecule has 1 aromatic carbocycles. The predicted octanol–water partition coefficient (Wildman–Crippen LogP) is 0.562. The van der Waals surface area contributed by atoms with E-state index in [2.05, 4.69) is 0 Å². The van der Waals surface area contributed by atoms with Gasteiger partial charge in [-0.2, -0.15) is 0 Å². The van der Waals surface area contributed by atoms with Crippen molar-refractivity contribution in [2.75, 3.05) is 24.5 Å². The molecule has 1 heterocycles. The second-order valence-corrected chi connectivity index (χ2v) is 7.29. The quantitative estimate of drug-likeness (QED) is 0.847. The molecule has 0 aliphatic carbocycles. The molecule has 1 unspecified atom stereocenters. The molecule has 2 N–H and O–H groups in total. The summed E-state index contributed by atoms with van der Waals surface area (Å²) < 4.78 is 22.8. The third kappa shape index (κ3) is 3.70. The van der Waals surface area contributed by atoms with Gasteiger partial charge in [0.05, 0.1) is 0 Å². The fraction of sp³-hybridized carbons (Fsp3) is 0.467. The standard InChI is InChI=1S/C15H21N3O4S/c1-3-17(4-2)15(20)11-5-7-12(8-6-11)18-10-13(9-14(18)19)23(16,21)22/h5-8,13H,3-4,9-10H2,1-2H3,(H2,16,21,22). The largest absolute Gasteiger partial charge is 0.339 e. The van der Waals surface area contributed by atoms with Crippen molar-refractivity contribution in [1.29, 1.82) is 0 Å². The molecule has 1 atom stereocenters. The lowest BCUT2D eigenvalue weighted by Crippen LogP contribution is -2.32. The summed E-state index contributed by atoms with van der Waals surface area (Å²) in [4.78, 5) is 27.3. The SMILES string of the molecule is CCN(CC)C(=O)c1ccc(N2CC(S(N)(=O)=O)CC2=O)cc1. The minimum absolute atomic E-state index is 0.0427. The molecule has 1 aromatic rings. The number of amides is 2. The Morgan fingerprint density at radius 2 is 1.83 bits per heavy atom. The minimum atomic E-state index is -3.74. The van der Waals surface area contributed by atoms with Gasteiger partial charge in [-0.25, -0.2) is 13.6 Å². The number of carbonyl (C=O) groups is 2. The fourth-order valence-corrected chi connectivity index (χ4v) is 3.35. The maximum Gasteiger partial charge on any atom is 0.253 e. The van der Waals surface area contributed by atoms with E-state index in [1.165, 1.54) is 4.90 Å². The summed E-state index contributed by atoms with van der Waals surface area (Å²) in [6.45, 7) is 5.11. The summed E-state index contributed by atoms with van der Waals surface area (Å²) in [6, 6.07) is 6.60. The Hall–Kier alpha value is -1.93. The molecule has 0 bridgehead atoms. The van der Waals surface area contributed by atoms with E-state index in [-0.39, 0.29) is 24.8 Å². The van der Waals surface area contributed by atoms with Crippen LogP contribution in [0.15, 0.2) is 24.3 Å². The zero-order valence-corrected chi connectivity index (χ0v) is 14.0. The molecule has 2 amide bonds. The lowest BCUT2D eigenvalue weighted by molar-refractivity contribution is -0.117. The van der Waals surface area contributed by atoms with Crippen LogP contribution < -0.4 is 10.0 Å². The van der Waals surface area contributed by atoms with E-state index in [1.807, 2.05) is 13.8 Å². The summed E-state index contributed by atoms with van der Waals surface area (Å²) in [7, 11) is -3.74. The van der Waals surface area contributed by atoms with Crippen molar-refractivity contribution in [2.45, 2.75) is 25.5 Å². The van der Waals surface area contributed by atoms with Crippen LogP contribution in [0.1, 0.15) is 30.6 Å². The van der Waals surface area contributed by atoms with E-state index >= 15 is 0 Å². The molecule has 7 nitrogen and oxygen atoms in total. The van der Waals surface area contributed by atoms with E-state index in [0.29, 0.717) is 24.3 Å². The fourth-order valence-electron chi connectivity index (χ4n) is 2.62. The Morgan fingerprint density at radius 1 is 1.26 bits per heavy atom.